The molecule has 0 saturated heterocycles. The van der Waals surface area contributed by atoms with Crippen molar-refractivity contribution in [3.8, 4) is 0 Å². The van der Waals surface area contributed by atoms with E-state index in [0.29, 0.717) is 12.3 Å². The van der Waals surface area contributed by atoms with E-state index in [1.807, 2.05) is 13.8 Å². The zero-order chi connectivity index (χ0) is 15.1. The molecular formula is C13H22F6. The molecule has 0 radical (unpaired) electrons. The van der Waals surface area contributed by atoms with Crippen molar-refractivity contribution in [1.82, 2.24) is 0 Å². The fourth-order valence-electron chi connectivity index (χ4n) is 1.96. The molecule has 0 fully saturated rings. The Kier molecular flexibility index (Phi) is 7.82. The van der Waals surface area contributed by atoms with Crippen LogP contribution in [-0.4, -0.2) is 12.4 Å². The quantitative estimate of drug-likeness (QED) is 0.473. The number of alkyl halides is 6. The van der Waals surface area contributed by atoms with E-state index in [9.17, 15) is 26.3 Å². The molecule has 0 heterocycles. The van der Waals surface area contributed by atoms with Gasteiger partial charge in [-0.25, -0.2) is 0 Å². The van der Waals surface area contributed by atoms with Crippen molar-refractivity contribution in [2.75, 3.05) is 0 Å². The Morgan fingerprint density at radius 3 is 1.63 bits per heavy atom. The number of hydrogen-bond acceptors (Lipinski definition) is 0. The first-order valence-electron chi connectivity index (χ1n) is 6.63. The van der Waals surface area contributed by atoms with Gasteiger partial charge in [-0.3, -0.25) is 0 Å². The second-order valence-electron chi connectivity index (χ2n) is 5.50. The molecule has 0 aliphatic carbocycles. The van der Waals surface area contributed by atoms with Crippen LogP contribution >= 0.6 is 0 Å². The Morgan fingerprint density at radius 1 is 0.684 bits per heavy atom. The molecule has 0 aliphatic rings. The molecule has 0 spiro atoms. The first-order chi connectivity index (χ1) is 8.49. The summed E-state index contributed by atoms with van der Waals surface area (Å²) in [6, 6.07) is 0. The first-order valence-corrected chi connectivity index (χ1v) is 6.63. The van der Waals surface area contributed by atoms with Crippen LogP contribution in [-0.2, 0) is 0 Å². The summed E-state index contributed by atoms with van der Waals surface area (Å²) < 4.78 is 72.5. The van der Waals surface area contributed by atoms with Gasteiger partial charge in [0.15, 0.2) is 0 Å². The van der Waals surface area contributed by atoms with Crippen LogP contribution < -0.4 is 0 Å². The van der Waals surface area contributed by atoms with Gasteiger partial charge in [-0.05, 0) is 24.7 Å². The Bertz CT molecular complexity index is 228. The van der Waals surface area contributed by atoms with Gasteiger partial charge in [-0.2, -0.15) is 26.3 Å². The summed E-state index contributed by atoms with van der Waals surface area (Å²) in [5, 5.41) is 0. The molecule has 0 aromatic carbocycles. The van der Waals surface area contributed by atoms with Crippen molar-refractivity contribution in [2.45, 2.75) is 71.1 Å². The van der Waals surface area contributed by atoms with Gasteiger partial charge in [-0.1, -0.05) is 33.1 Å². The lowest BCUT2D eigenvalue weighted by molar-refractivity contribution is -0.141. The van der Waals surface area contributed by atoms with Crippen LogP contribution in [0.1, 0.15) is 58.8 Å². The van der Waals surface area contributed by atoms with Crippen LogP contribution in [0.25, 0.3) is 0 Å². The minimum absolute atomic E-state index is 0.0614. The normalized spacial score (nSPS) is 15.0. The van der Waals surface area contributed by atoms with Gasteiger partial charge in [0.25, 0.3) is 0 Å². The lowest BCUT2D eigenvalue weighted by Gasteiger charge is -2.19. The van der Waals surface area contributed by atoms with Crippen LogP contribution in [0.5, 0.6) is 0 Å². The summed E-state index contributed by atoms with van der Waals surface area (Å²) in [7, 11) is 0. The lowest BCUT2D eigenvalue weighted by atomic mass is 9.89. The van der Waals surface area contributed by atoms with Crippen LogP contribution in [0.4, 0.5) is 26.3 Å². The molecule has 0 N–H and O–H groups in total. The van der Waals surface area contributed by atoms with Crippen LogP contribution in [0, 0.1) is 11.8 Å². The third-order valence-corrected chi connectivity index (χ3v) is 3.06. The maximum atomic E-state index is 12.1. The highest BCUT2D eigenvalue weighted by atomic mass is 19.4. The summed E-state index contributed by atoms with van der Waals surface area (Å²) in [4.78, 5) is 0. The Balaban J connectivity index is 4.10. The van der Waals surface area contributed by atoms with Crippen LogP contribution in [0.2, 0.25) is 0 Å². The third kappa shape index (κ3) is 13.8. The number of halogens is 6. The van der Waals surface area contributed by atoms with Gasteiger partial charge in [0.05, 0.1) is 0 Å². The summed E-state index contributed by atoms with van der Waals surface area (Å²) in [6.07, 6.45) is -8.83. The van der Waals surface area contributed by atoms with E-state index in [1.54, 1.807) is 0 Å². The minimum atomic E-state index is -4.22. The molecule has 0 amide bonds. The van der Waals surface area contributed by atoms with Gasteiger partial charge in [0, 0.05) is 12.8 Å². The molecule has 1 unspecified atom stereocenters. The van der Waals surface area contributed by atoms with Crippen molar-refractivity contribution in [2.24, 2.45) is 11.8 Å². The van der Waals surface area contributed by atoms with E-state index in [1.165, 1.54) is 0 Å². The molecule has 6 heteroatoms. The number of hydrogen-bond donors (Lipinski definition) is 0. The Labute approximate surface area is 110 Å². The zero-order valence-electron chi connectivity index (χ0n) is 11.4. The van der Waals surface area contributed by atoms with E-state index in [4.69, 9.17) is 0 Å². The molecule has 19 heavy (non-hydrogen) atoms. The summed E-state index contributed by atoms with van der Waals surface area (Å²) in [6.45, 7) is 3.91. The highest BCUT2D eigenvalue weighted by Gasteiger charge is 2.30. The molecule has 0 aliphatic heterocycles. The van der Waals surface area contributed by atoms with Crippen molar-refractivity contribution < 1.29 is 26.3 Å². The predicted octanol–water partition coefficient (Wildman–Crippen LogP) is 6.11. The largest absolute Gasteiger partial charge is 0.389 e. The molecule has 0 saturated carbocycles. The highest BCUT2D eigenvalue weighted by Crippen LogP contribution is 2.31. The fraction of sp³-hybridized carbons (Fsp3) is 1.00. The molecule has 0 aromatic heterocycles. The van der Waals surface area contributed by atoms with Crippen LogP contribution in [0.3, 0.4) is 0 Å². The average Bonchev–Trinajstić information content (AvgIpc) is 2.18. The molecule has 0 bridgehead atoms. The van der Waals surface area contributed by atoms with E-state index in [-0.39, 0.29) is 25.2 Å². The Morgan fingerprint density at radius 2 is 1.21 bits per heavy atom. The highest BCUT2D eigenvalue weighted by molar-refractivity contribution is 4.65. The second kappa shape index (κ2) is 8.00. The fourth-order valence-corrected chi connectivity index (χ4v) is 1.96. The third-order valence-electron chi connectivity index (χ3n) is 3.06. The maximum Gasteiger partial charge on any atom is 0.389 e. The van der Waals surface area contributed by atoms with Crippen molar-refractivity contribution in [1.29, 1.82) is 0 Å². The number of rotatable bonds is 8. The molecule has 0 rings (SSSR count). The molecule has 0 nitrogen and oxygen atoms in total. The molecule has 1 atom stereocenters. The zero-order valence-corrected chi connectivity index (χ0v) is 11.4. The molecule has 116 valence electrons. The average molecular weight is 292 g/mol. The van der Waals surface area contributed by atoms with Gasteiger partial charge in [-0.15, -0.1) is 0 Å². The maximum absolute atomic E-state index is 12.1. The van der Waals surface area contributed by atoms with Crippen LogP contribution in [0.15, 0.2) is 0 Å². The monoisotopic (exact) mass is 292 g/mol. The summed E-state index contributed by atoms with van der Waals surface area (Å²) in [5.74, 6) is 0.0994. The van der Waals surface area contributed by atoms with E-state index in [0.717, 1.165) is 6.42 Å². The minimum Gasteiger partial charge on any atom is -0.171 e. The SMILES string of the molecule is CC(C)CCC(CCCC(F)(F)F)CCC(F)(F)F. The summed E-state index contributed by atoms with van der Waals surface area (Å²) >= 11 is 0. The van der Waals surface area contributed by atoms with E-state index < -0.39 is 25.2 Å². The second-order valence-corrected chi connectivity index (χ2v) is 5.50. The van der Waals surface area contributed by atoms with Crippen molar-refractivity contribution in [3.63, 3.8) is 0 Å². The van der Waals surface area contributed by atoms with Crippen molar-refractivity contribution >= 4 is 0 Å². The standard InChI is InChI=1S/C13H22F6/c1-10(2)5-6-11(7-9-13(17,18)19)4-3-8-12(14,15)16/h10-11H,3-9H2,1-2H3. The van der Waals surface area contributed by atoms with Gasteiger partial charge < -0.3 is 0 Å². The van der Waals surface area contributed by atoms with Gasteiger partial charge in [0.1, 0.15) is 0 Å². The van der Waals surface area contributed by atoms with E-state index >= 15 is 0 Å². The Hall–Kier alpha value is -0.420. The topological polar surface area (TPSA) is 0 Å². The van der Waals surface area contributed by atoms with Crippen molar-refractivity contribution in [3.05, 3.63) is 0 Å². The summed E-state index contributed by atoms with van der Waals surface area (Å²) in [5.41, 5.74) is 0. The smallest absolute Gasteiger partial charge is 0.171 e. The van der Waals surface area contributed by atoms with E-state index in [2.05, 4.69) is 0 Å². The predicted molar refractivity (Wildman–Crippen MR) is 62.8 cm³/mol. The van der Waals surface area contributed by atoms with Gasteiger partial charge >= 0.3 is 12.4 Å². The van der Waals surface area contributed by atoms with Gasteiger partial charge in [0.2, 0.25) is 0 Å². The molecule has 0 aromatic rings. The first kappa shape index (κ1) is 18.6. The molecular weight excluding hydrogens is 270 g/mol. The lowest BCUT2D eigenvalue weighted by Crippen LogP contribution is -2.13.